The number of nitrogens with zero attached hydrogens (tertiary/aromatic N) is 1. The van der Waals surface area contributed by atoms with Crippen molar-refractivity contribution in [2.24, 2.45) is 0 Å². The van der Waals surface area contributed by atoms with Gasteiger partial charge in [-0.2, -0.15) is 5.26 Å². The van der Waals surface area contributed by atoms with Crippen molar-refractivity contribution in [3.05, 3.63) is 68.1 Å². The monoisotopic (exact) mass is 502 g/mol. The van der Waals surface area contributed by atoms with Crippen LogP contribution in [0.3, 0.4) is 0 Å². The first-order valence-corrected chi connectivity index (χ1v) is 10.7. The van der Waals surface area contributed by atoms with Gasteiger partial charge in [-0.15, -0.1) is 0 Å². The molecule has 0 saturated heterocycles. The number of ether oxygens (including phenoxy) is 1. The molecule has 0 heterocycles. The number of carbonyl (C=O) groups is 1. The summed E-state index contributed by atoms with van der Waals surface area (Å²) in [6.07, 6.45) is 5.84. The molecule has 144 valence electrons. The smallest absolute Gasteiger partial charge is 0.262 e. The van der Waals surface area contributed by atoms with Crippen molar-refractivity contribution in [3.8, 4) is 11.8 Å². The molecule has 28 heavy (non-hydrogen) atoms. The van der Waals surface area contributed by atoms with E-state index < -0.39 is 0 Å². The summed E-state index contributed by atoms with van der Waals surface area (Å²) in [5, 5.41) is 12.3. The Balaban J connectivity index is 1.66. The molecule has 1 fully saturated rings. The number of halogens is 2. The topological polar surface area (TPSA) is 62.1 Å². The van der Waals surface area contributed by atoms with Gasteiger partial charge in [0.1, 0.15) is 24.0 Å². The second-order valence-electron chi connectivity index (χ2n) is 6.73. The van der Waals surface area contributed by atoms with E-state index in [1.54, 1.807) is 6.08 Å². The average molecular weight is 504 g/mol. The molecule has 0 atom stereocenters. The molecule has 1 amide bonds. The summed E-state index contributed by atoms with van der Waals surface area (Å²) >= 11 is 6.92. The van der Waals surface area contributed by atoms with Crippen molar-refractivity contribution in [3.63, 3.8) is 0 Å². The summed E-state index contributed by atoms with van der Waals surface area (Å²) < 4.78 is 7.65. The van der Waals surface area contributed by atoms with E-state index in [0.717, 1.165) is 45.8 Å². The van der Waals surface area contributed by atoms with E-state index in [4.69, 9.17) is 4.74 Å². The fourth-order valence-corrected chi connectivity index (χ4v) is 3.89. The quantitative estimate of drug-likeness (QED) is 0.402. The van der Waals surface area contributed by atoms with Gasteiger partial charge in [-0.25, -0.2) is 0 Å². The molecule has 0 bridgehead atoms. The van der Waals surface area contributed by atoms with Crippen LogP contribution in [0.1, 0.15) is 36.8 Å². The van der Waals surface area contributed by atoms with Gasteiger partial charge in [0.05, 0.1) is 4.47 Å². The predicted octanol–water partition coefficient (Wildman–Crippen LogP) is 5.76. The highest BCUT2D eigenvalue weighted by Crippen LogP contribution is 2.28. The first-order chi connectivity index (χ1) is 13.5. The van der Waals surface area contributed by atoms with Crippen LogP contribution in [0.15, 0.2) is 57.0 Å². The minimum Gasteiger partial charge on any atom is -0.488 e. The summed E-state index contributed by atoms with van der Waals surface area (Å²) in [7, 11) is 0. The molecule has 1 aliphatic carbocycles. The van der Waals surface area contributed by atoms with E-state index in [9.17, 15) is 10.1 Å². The molecule has 2 aromatic rings. The lowest BCUT2D eigenvalue weighted by molar-refractivity contribution is -0.117. The SMILES string of the molecule is N#CC(=Cc1ccc(OCc2ccc(Br)cc2)c(Br)c1)C(=O)NC1CCCC1. The number of nitrogens with one attached hydrogen (secondary N) is 1. The molecule has 0 spiro atoms. The van der Waals surface area contributed by atoms with Crippen molar-refractivity contribution >= 4 is 43.8 Å². The summed E-state index contributed by atoms with van der Waals surface area (Å²) in [5.41, 5.74) is 1.94. The van der Waals surface area contributed by atoms with E-state index in [2.05, 4.69) is 37.2 Å². The minimum atomic E-state index is -0.305. The molecule has 0 aliphatic heterocycles. The molecular weight excluding hydrogens is 484 g/mol. The van der Waals surface area contributed by atoms with E-state index in [0.29, 0.717) is 12.4 Å². The zero-order valence-electron chi connectivity index (χ0n) is 15.3. The van der Waals surface area contributed by atoms with Gasteiger partial charge in [0.2, 0.25) is 0 Å². The molecule has 3 rings (SSSR count). The Labute approximate surface area is 181 Å². The van der Waals surface area contributed by atoms with Crippen LogP contribution in [-0.4, -0.2) is 11.9 Å². The largest absolute Gasteiger partial charge is 0.488 e. The van der Waals surface area contributed by atoms with Gasteiger partial charge >= 0.3 is 0 Å². The zero-order valence-corrected chi connectivity index (χ0v) is 18.4. The van der Waals surface area contributed by atoms with Crippen molar-refractivity contribution in [1.82, 2.24) is 5.32 Å². The summed E-state index contributed by atoms with van der Waals surface area (Å²) in [4.78, 5) is 12.3. The second kappa shape index (κ2) is 9.90. The molecule has 6 heteroatoms. The molecule has 0 radical (unpaired) electrons. The van der Waals surface area contributed by atoms with Gasteiger partial charge in [0, 0.05) is 10.5 Å². The third-order valence-corrected chi connectivity index (χ3v) is 5.78. The van der Waals surface area contributed by atoms with Crippen LogP contribution < -0.4 is 10.1 Å². The maximum atomic E-state index is 12.3. The highest BCUT2D eigenvalue weighted by molar-refractivity contribution is 9.10. The highest BCUT2D eigenvalue weighted by Gasteiger charge is 2.19. The summed E-state index contributed by atoms with van der Waals surface area (Å²) in [6.45, 7) is 0.453. The van der Waals surface area contributed by atoms with Crippen molar-refractivity contribution in [1.29, 1.82) is 5.26 Å². The van der Waals surface area contributed by atoms with Crippen molar-refractivity contribution in [2.75, 3.05) is 0 Å². The second-order valence-corrected chi connectivity index (χ2v) is 8.50. The van der Waals surface area contributed by atoms with Crippen LogP contribution in [0.25, 0.3) is 6.08 Å². The average Bonchev–Trinajstić information content (AvgIpc) is 3.19. The summed E-state index contributed by atoms with van der Waals surface area (Å²) in [5.74, 6) is 0.398. The molecule has 1 N–H and O–H groups in total. The number of hydrogen-bond acceptors (Lipinski definition) is 3. The van der Waals surface area contributed by atoms with Gasteiger partial charge in [-0.05, 0) is 70.2 Å². The Kier molecular flexibility index (Phi) is 7.30. The number of benzene rings is 2. The predicted molar refractivity (Wildman–Crippen MR) is 117 cm³/mol. The van der Waals surface area contributed by atoms with Gasteiger partial charge < -0.3 is 10.1 Å². The van der Waals surface area contributed by atoms with Crippen molar-refractivity contribution in [2.45, 2.75) is 38.3 Å². The lowest BCUT2D eigenvalue weighted by Crippen LogP contribution is -2.33. The maximum Gasteiger partial charge on any atom is 0.262 e. The Hall–Kier alpha value is -2.10. The standard InChI is InChI=1S/C22H20Br2N2O2/c23-18-8-5-15(6-9-18)14-28-21-10-7-16(12-20(21)24)11-17(13-25)22(27)26-19-3-1-2-4-19/h5-12,19H,1-4,14H2,(H,26,27). The van der Waals surface area contributed by atoms with Crippen LogP contribution in [0.2, 0.25) is 0 Å². The number of amides is 1. The number of hydrogen-bond donors (Lipinski definition) is 1. The zero-order chi connectivity index (χ0) is 19.9. The van der Waals surface area contributed by atoms with Gasteiger partial charge in [0.15, 0.2) is 0 Å². The van der Waals surface area contributed by atoms with Crippen LogP contribution in [-0.2, 0) is 11.4 Å². The van der Waals surface area contributed by atoms with Gasteiger partial charge in [-0.3, -0.25) is 4.79 Å². The molecule has 1 aliphatic rings. The summed E-state index contributed by atoms with van der Waals surface area (Å²) in [6, 6.07) is 15.6. The Morgan fingerprint density at radius 1 is 1.18 bits per heavy atom. The molecule has 1 saturated carbocycles. The van der Waals surface area contributed by atoms with Crippen molar-refractivity contribution < 1.29 is 9.53 Å². The minimum absolute atomic E-state index is 0.113. The van der Waals surface area contributed by atoms with Gasteiger partial charge in [-0.1, -0.05) is 47.0 Å². The third kappa shape index (κ3) is 5.70. The fourth-order valence-electron chi connectivity index (χ4n) is 3.11. The van der Waals surface area contributed by atoms with E-state index in [1.165, 1.54) is 0 Å². The first kappa shape index (κ1) is 20.6. The van der Waals surface area contributed by atoms with E-state index in [-0.39, 0.29) is 17.5 Å². The van der Waals surface area contributed by atoms with E-state index >= 15 is 0 Å². The van der Waals surface area contributed by atoms with Crippen LogP contribution >= 0.6 is 31.9 Å². The first-order valence-electron chi connectivity index (χ1n) is 9.14. The van der Waals surface area contributed by atoms with Crippen LogP contribution in [0.5, 0.6) is 5.75 Å². The Bertz CT molecular complexity index is 911. The Morgan fingerprint density at radius 2 is 1.89 bits per heavy atom. The van der Waals surface area contributed by atoms with Gasteiger partial charge in [0.25, 0.3) is 5.91 Å². The fraction of sp³-hybridized carbons (Fsp3) is 0.273. The molecular formula is C22H20Br2N2O2. The normalized spacial score (nSPS) is 14.5. The molecule has 0 unspecified atom stereocenters. The highest BCUT2D eigenvalue weighted by atomic mass is 79.9. The maximum absolute atomic E-state index is 12.3. The molecule has 2 aromatic carbocycles. The number of carbonyl (C=O) groups excluding carboxylic acids is 1. The number of nitriles is 1. The number of rotatable bonds is 6. The lowest BCUT2D eigenvalue weighted by atomic mass is 10.1. The van der Waals surface area contributed by atoms with Crippen LogP contribution in [0, 0.1) is 11.3 Å². The Morgan fingerprint density at radius 3 is 2.54 bits per heavy atom. The van der Waals surface area contributed by atoms with Crippen LogP contribution in [0.4, 0.5) is 0 Å². The molecule has 0 aromatic heterocycles. The lowest BCUT2D eigenvalue weighted by Gasteiger charge is -2.11. The molecule has 4 nitrogen and oxygen atoms in total. The van der Waals surface area contributed by atoms with E-state index in [1.807, 2.05) is 48.5 Å². The third-order valence-electron chi connectivity index (χ3n) is 4.63.